The largest absolute Gasteiger partial charge is 0.469 e. The molecule has 210 valence electrons. The number of carbonyl (C=O) groups is 3. The van der Waals surface area contributed by atoms with E-state index in [1.807, 2.05) is 4.90 Å². The van der Waals surface area contributed by atoms with Crippen LogP contribution >= 0.6 is 0 Å². The second-order valence-electron chi connectivity index (χ2n) is 10.7. The van der Waals surface area contributed by atoms with Crippen LogP contribution in [0.3, 0.4) is 0 Å². The average Bonchev–Trinajstić information content (AvgIpc) is 3.19. The van der Waals surface area contributed by atoms with Crippen LogP contribution in [0.5, 0.6) is 0 Å². The lowest BCUT2D eigenvalue weighted by Gasteiger charge is -2.36. The van der Waals surface area contributed by atoms with E-state index in [0.29, 0.717) is 39.1 Å². The molecule has 1 atom stereocenters. The summed E-state index contributed by atoms with van der Waals surface area (Å²) in [5.74, 6) is -0.138. The standard InChI is InChI=1S/C24H43N7O6/c1-24(2,3)37-22(33)26-21(25)30-14-11-28(12-15-30)13-16-31-18-19(36-23(31)34)17-29-9-7-27(8-10-29)6-5-20(32)35-4/h19H,5-18H2,1-4H3,(H2,25,26,33). The minimum Gasteiger partial charge on any atom is -0.469 e. The van der Waals surface area contributed by atoms with Crippen molar-refractivity contribution in [1.82, 2.24) is 29.8 Å². The Labute approximate surface area is 219 Å². The van der Waals surface area contributed by atoms with Crippen LogP contribution in [0, 0.1) is 5.41 Å². The van der Waals surface area contributed by atoms with Crippen molar-refractivity contribution in [2.75, 3.05) is 92.2 Å². The zero-order chi connectivity index (χ0) is 27.0. The van der Waals surface area contributed by atoms with Crippen LogP contribution in [-0.4, -0.2) is 153 Å². The number of guanidine groups is 1. The van der Waals surface area contributed by atoms with Crippen LogP contribution in [0.25, 0.3) is 0 Å². The number of esters is 1. The molecular weight excluding hydrogens is 482 g/mol. The third-order valence-corrected chi connectivity index (χ3v) is 6.73. The van der Waals surface area contributed by atoms with Gasteiger partial charge in [-0.05, 0) is 20.8 Å². The Morgan fingerprint density at radius 1 is 0.973 bits per heavy atom. The van der Waals surface area contributed by atoms with Crippen molar-refractivity contribution in [3.05, 3.63) is 0 Å². The van der Waals surface area contributed by atoms with Crippen LogP contribution in [0.4, 0.5) is 9.59 Å². The van der Waals surface area contributed by atoms with Crippen LogP contribution < -0.4 is 5.32 Å². The monoisotopic (exact) mass is 525 g/mol. The Hall–Kier alpha value is -2.64. The molecule has 3 rings (SSSR count). The Balaban J connectivity index is 1.30. The van der Waals surface area contributed by atoms with E-state index in [1.165, 1.54) is 7.11 Å². The van der Waals surface area contributed by atoms with E-state index in [9.17, 15) is 14.4 Å². The lowest BCUT2D eigenvalue weighted by Crippen LogP contribution is -2.54. The number of amides is 2. The van der Waals surface area contributed by atoms with Gasteiger partial charge in [-0.15, -0.1) is 0 Å². The number of rotatable bonds is 8. The molecule has 0 radical (unpaired) electrons. The van der Waals surface area contributed by atoms with Crippen molar-refractivity contribution in [3.63, 3.8) is 0 Å². The van der Waals surface area contributed by atoms with Gasteiger partial charge < -0.3 is 28.9 Å². The first-order valence-electron chi connectivity index (χ1n) is 13.1. The first kappa shape index (κ1) is 28.9. The van der Waals surface area contributed by atoms with Crippen LogP contribution in [0.2, 0.25) is 0 Å². The number of nitrogens with one attached hydrogen (secondary N) is 2. The molecule has 3 aliphatic heterocycles. The molecule has 0 aromatic rings. The summed E-state index contributed by atoms with van der Waals surface area (Å²) < 4.78 is 15.5. The van der Waals surface area contributed by atoms with Crippen LogP contribution in [-0.2, 0) is 19.0 Å². The van der Waals surface area contributed by atoms with Gasteiger partial charge in [-0.2, -0.15) is 0 Å². The number of carbonyl (C=O) groups excluding carboxylic acids is 3. The second-order valence-corrected chi connectivity index (χ2v) is 10.7. The number of nitrogens with zero attached hydrogens (tertiary/aromatic N) is 5. The highest BCUT2D eigenvalue weighted by Gasteiger charge is 2.33. The smallest absolute Gasteiger partial charge is 0.414 e. The van der Waals surface area contributed by atoms with Crippen molar-refractivity contribution in [3.8, 4) is 0 Å². The van der Waals surface area contributed by atoms with Crippen molar-refractivity contribution in [2.24, 2.45) is 0 Å². The van der Waals surface area contributed by atoms with Gasteiger partial charge in [0.1, 0.15) is 11.7 Å². The Kier molecular flexibility index (Phi) is 10.4. The first-order chi connectivity index (χ1) is 17.5. The summed E-state index contributed by atoms with van der Waals surface area (Å²) in [7, 11) is 1.41. The third-order valence-electron chi connectivity index (χ3n) is 6.73. The summed E-state index contributed by atoms with van der Waals surface area (Å²) in [5, 5.41) is 10.6. The summed E-state index contributed by atoms with van der Waals surface area (Å²) in [6, 6.07) is 0. The molecular formula is C24H43N7O6. The zero-order valence-corrected chi connectivity index (χ0v) is 22.7. The van der Waals surface area contributed by atoms with Gasteiger partial charge in [0.05, 0.1) is 20.1 Å². The molecule has 37 heavy (non-hydrogen) atoms. The van der Waals surface area contributed by atoms with Gasteiger partial charge in [0.15, 0.2) is 0 Å². The number of cyclic esters (lactones) is 1. The summed E-state index contributed by atoms with van der Waals surface area (Å²) in [5.41, 5.74) is -0.611. The predicted molar refractivity (Wildman–Crippen MR) is 136 cm³/mol. The van der Waals surface area contributed by atoms with Gasteiger partial charge in [-0.25, -0.2) is 9.59 Å². The van der Waals surface area contributed by atoms with E-state index >= 15 is 0 Å². The molecule has 3 fully saturated rings. The number of piperazine rings is 2. The van der Waals surface area contributed by atoms with Gasteiger partial charge in [-0.1, -0.05) is 0 Å². The minimum absolute atomic E-state index is 0.0455. The van der Waals surface area contributed by atoms with E-state index < -0.39 is 11.7 Å². The highest BCUT2D eigenvalue weighted by atomic mass is 16.6. The molecule has 13 heteroatoms. The van der Waals surface area contributed by atoms with E-state index in [1.54, 1.807) is 25.7 Å². The zero-order valence-electron chi connectivity index (χ0n) is 22.7. The number of hydrogen-bond donors (Lipinski definition) is 2. The third kappa shape index (κ3) is 9.63. The molecule has 0 spiro atoms. The maximum absolute atomic E-state index is 12.4. The number of methoxy groups -OCH3 is 1. The molecule has 0 aliphatic carbocycles. The summed E-state index contributed by atoms with van der Waals surface area (Å²) in [4.78, 5) is 46.1. The highest BCUT2D eigenvalue weighted by Crippen LogP contribution is 2.15. The topological polar surface area (TPSA) is 131 Å². The van der Waals surface area contributed by atoms with Gasteiger partial charge in [0.25, 0.3) is 0 Å². The van der Waals surface area contributed by atoms with E-state index in [2.05, 4.69) is 20.0 Å². The maximum Gasteiger partial charge on any atom is 0.414 e. The lowest BCUT2D eigenvalue weighted by atomic mass is 10.2. The lowest BCUT2D eigenvalue weighted by molar-refractivity contribution is -0.141. The molecule has 2 amide bonds. The van der Waals surface area contributed by atoms with Crippen molar-refractivity contribution >= 4 is 24.1 Å². The van der Waals surface area contributed by atoms with E-state index in [0.717, 1.165) is 52.4 Å². The summed E-state index contributed by atoms with van der Waals surface area (Å²) in [6.45, 7) is 15.0. The molecule has 2 N–H and O–H groups in total. The van der Waals surface area contributed by atoms with Crippen molar-refractivity contribution in [2.45, 2.75) is 38.9 Å². The molecule has 0 bridgehead atoms. The maximum atomic E-state index is 12.4. The summed E-state index contributed by atoms with van der Waals surface area (Å²) >= 11 is 0. The molecule has 3 heterocycles. The van der Waals surface area contributed by atoms with Gasteiger partial charge in [-0.3, -0.25) is 25.3 Å². The van der Waals surface area contributed by atoms with Crippen molar-refractivity contribution in [1.29, 1.82) is 5.41 Å². The minimum atomic E-state index is -0.623. The quantitative estimate of drug-likeness (QED) is 0.194. The second kappa shape index (κ2) is 13.2. The van der Waals surface area contributed by atoms with Gasteiger partial charge >= 0.3 is 18.2 Å². The highest BCUT2D eigenvalue weighted by molar-refractivity contribution is 5.92. The SMILES string of the molecule is COC(=O)CCN1CCN(CC2CN(CCN3CCN(C(=N)NC(=O)OC(C)(C)C)CC3)C(=O)O2)CC1. The predicted octanol–water partition coefficient (Wildman–Crippen LogP) is 0.0650. The Bertz CT molecular complexity index is 804. The van der Waals surface area contributed by atoms with E-state index in [-0.39, 0.29) is 24.1 Å². The normalized spacial score (nSPS) is 22.1. The fraction of sp³-hybridized carbons (Fsp3) is 0.833. The fourth-order valence-electron chi connectivity index (χ4n) is 4.62. The van der Waals surface area contributed by atoms with Crippen molar-refractivity contribution < 1.29 is 28.6 Å². The molecule has 3 saturated heterocycles. The molecule has 1 unspecified atom stereocenters. The Morgan fingerprint density at radius 3 is 2.19 bits per heavy atom. The molecule has 0 aromatic heterocycles. The molecule has 3 aliphatic rings. The Morgan fingerprint density at radius 2 is 1.57 bits per heavy atom. The number of ether oxygens (including phenoxy) is 3. The molecule has 0 saturated carbocycles. The average molecular weight is 526 g/mol. The van der Waals surface area contributed by atoms with Gasteiger partial charge in [0.2, 0.25) is 5.96 Å². The fourth-order valence-corrected chi connectivity index (χ4v) is 4.62. The molecule has 0 aromatic carbocycles. The molecule has 13 nitrogen and oxygen atoms in total. The van der Waals surface area contributed by atoms with Gasteiger partial charge in [0, 0.05) is 78.5 Å². The number of alkyl carbamates (subject to hydrolysis) is 1. The van der Waals surface area contributed by atoms with Crippen LogP contribution in [0.15, 0.2) is 0 Å². The first-order valence-corrected chi connectivity index (χ1v) is 13.1. The van der Waals surface area contributed by atoms with E-state index in [4.69, 9.17) is 19.6 Å². The van der Waals surface area contributed by atoms with Crippen LogP contribution in [0.1, 0.15) is 27.2 Å². The summed E-state index contributed by atoms with van der Waals surface area (Å²) in [6.07, 6.45) is -0.608. The number of hydrogen-bond acceptors (Lipinski definition) is 10.